The molecule has 2 N–H and O–H groups in total. The van der Waals surface area contributed by atoms with E-state index < -0.39 is 10.0 Å². The van der Waals surface area contributed by atoms with Crippen molar-refractivity contribution in [3.63, 3.8) is 0 Å². The molecule has 0 spiro atoms. The molecule has 0 saturated heterocycles. The van der Waals surface area contributed by atoms with Crippen LogP contribution in [0, 0.1) is 5.82 Å². The minimum atomic E-state index is -3.74. The number of primary sulfonamides is 1. The first-order valence-electron chi connectivity index (χ1n) is 8.45. The normalized spacial score (nSPS) is 12.4. The number of ether oxygens (including phenoxy) is 1. The third-order valence-electron chi connectivity index (χ3n) is 4.28. The van der Waals surface area contributed by atoms with E-state index in [1.165, 1.54) is 36.4 Å². The smallest absolute Gasteiger partial charge is 0.238 e. The standard InChI is InChI=1S/C19H23FN2O4S/c1-14(15-5-11-18(12-6-15)27(21,24)25)22(2)19(23)4-3-13-26-17-9-7-16(20)8-10-17/h5-12,14H,3-4,13H2,1-2H3,(H2,21,24,25). The molecule has 1 atom stereocenters. The van der Waals surface area contributed by atoms with Crippen LogP contribution in [-0.2, 0) is 14.8 Å². The Balaban J connectivity index is 1.83. The molecule has 2 rings (SSSR count). The molecule has 1 amide bonds. The number of benzene rings is 2. The van der Waals surface area contributed by atoms with Crippen molar-refractivity contribution < 1.29 is 22.3 Å². The van der Waals surface area contributed by atoms with Gasteiger partial charge < -0.3 is 9.64 Å². The first-order chi connectivity index (χ1) is 12.7. The minimum Gasteiger partial charge on any atom is -0.494 e. The molecule has 2 aromatic rings. The molecular formula is C19H23FN2O4S. The lowest BCUT2D eigenvalue weighted by Crippen LogP contribution is -2.29. The maximum Gasteiger partial charge on any atom is 0.238 e. The third-order valence-corrected chi connectivity index (χ3v) is 5.21. The summed E-state index contributed by atoms with van der Waals surface area (Å²) in [6.45, 7) is 2.21. The molecule has 0 aliphatic rings. The van der Waals surface area contributed by atoms with Crippen LogP contribution in [-0.4, -0.2) is 32.9 Å². The van der Waals surface area contributed by atoms with Crippen LogP contribution in [0.4, 0.5) is 4.39 Å². The van der Waals surface area contributed by atoms with Crippen molar-refractivity contribution in [1.29, 1.82) is 0 Å². The highest BCUT2D eigenvalue weighted by Crippen LogP contribution is 2.21. The van der Waals surface area contributed by atoms with Crippen molar-refractivity contribution >= 4 is 15.9 Å². The average Bonchev–Trinajstić information content (AvgIpc) is 2.64. The van der Waals surface area contributed by atoms with E-state index in [2.05, 4.69) is 0 Å². The molecule has 0 aliphatic heterocycles. The molecule has 0 aromatic heterocycles. The van der Waals surface area contributed by atoms with Gasteiger partial charge in [-0.25, -0.2) is 17.9 Å². The van der Waals surface area contributed by atoms with Crippen molar-refractivity contribution in [2.24, 2.45) is 5.14 Å². The van der Waals surface area contributed by atoms with E-state index in [0.29, 0.717) is 25.2 Å². The third kappa shape index (κ3) is 6.04. The lowest BCUT2D eigenvalue weighted by molar-refractivity contribution is -0.132. The first-order valence-corrected chi connectivity index (χ1v) is 10.00. The fraction of sp³-hybridized carbons (Fsp3) is 0.316. The van der Waals surface area contributed by atoms with E-state index in [0.717, 1.165) is 5.56 Å². The maximum absolute atomic E-state index is 12.8. The number of hydrogen-bond acceptors (Lipinski definition) is 4. The van der Waals surface area contributed by atoms with E-state index in [1.54, 1.807) is 24.1 Å². The largest absolute Gasteiger partial charge is 0.494 e. The van der Waals surface area contributed by atoms with Gasteiger partial charge in [0.15, 0.2) is 0 Å². The van der Waals surface area contributed by atoms with Gasteiger partial charge in [-0.05, 0) is 55.3 Å². The van der Waals surface area contributed by atoms with Crippen LogP contribution in [0.2, 0.25) is 0 Å². The lowest BCUT2D eigenvalue weighted by atomic mass is 10.1. The molecule has 0 fully saturated rings. The van der Waals surface area contributed by atoms with Crippen LogP contribution in [0.15, 0.2) is 53.4 Å². The summed E-state index contributed by atoms with van der Waals surface area (Å²) in [6.07, 6.45) is 0.828. The van der Waals surface area contributed by atoms with E-state index >= 15 is 0 Å². The number of halogens is 1. The van der Waals surface area contributed by atoms with Crippen LogP contribution in [0.5, 0.6) is 5.75 Å². The number of carbonyl (C=O) groups is 1. The minimum absolute atomic E-state index is 0.0328. The van der Waals surface area contributed by atoms with Gasteiger partial charge in [0.05, 0.1) is 17.5 Å². The Kier molecular flexibility index (Phi) is 6.92. The van der Waals surface area contributed by atoms with Crippen molar-refractivity contribution in [2.75, 3.05) is 13.7 Å². The highest BCUT2D eigenvalue weighted by atomic mass is 32.2. The summed E-state index contributed by atoms with van der Waals surface area (Å²) in [6, 6.07) is 11.6. The predicted octanol–water partition coefficient (Wildman–Crippen LogP) is 2.85. The number of sulfonamides is 1. The summed E-state index contributed by atoms with van der Waals surface area (Å²) in [7, 11) is -2.04. The zero-order chi connectivity index (χ0) is 20.0. The van der Waals surface area contributed by atoms with Gasteiger partial charge in [-0.1, -0.05) is 12.1 Å². The van der Waals surface area contributed by atoms with Crippen LogP contribution in [0.1, 0.15) is 31.4 Å². The molecule has 2 aromatic carbocycles. The second-order valence-corrected chi connectivity index (χ2v) is 7.76. The summed E-state index contributed by atoms with van der Waals surface area (Å²) in [4.78, 5) is 14.0. The SMILES string of the molecule is CC(c1ccc(S(N)(=O)=O)cc1)N(C)C(=O)CCCOc1ccc(F)cc1. The topological polar surface area (TPSA) is 89.7 Å². The Morgan fingerprint density at radius 3 is 2.30 bits per heavy atom. The Morgan fingerprint density at radius 2 is 1.74 bits per heavy atom. The molecule has 1 unspecified atom stereocenters. The molecule has 0 bridgehead atoms. The monoisotopic (exact) mass is 394 g/mol. The molecule has 8 heteroatoms. The van der Waals surface area contributed by atoms with Crippen LogP contribution >= 0.6 is 0 Å². The van der Waals surface area contributed by atoms with Crippen molar-refractivity contribution in [1.82, 2.24) is 4.90 Å². The molecule has 0 aliphatic carbocycles. The highest BCUT2D eigenvalue weighted by Gasteiger charge is 2.18. The van der Waals surface area contributed by atoms with Gasteiger partial charge in [-0.2, -0.15) is 0 Å². The average molecular weight is 394 g/mol. The van der Waals surface area contributed by atoms with Gasteiger partial charge in [0.1, 0.15) is 11.6 Å². The summed E-state index contributed by atoms with van der Waals surface area (Å²) in [5.41, 5.74) is 0.806. The molecule has 6 nitrogen and oxygen atoms in total. The summed E-state index contributed by atoms with van der Waals surface area (Å²) in [5, 5.41) is 5.09. The van der Waals surface area contributed by atoms with Crippen LogP contribution < -0.4 is 9.88 Å². The van der Waals surface area contributed by atoms with Gasteiger partial charge in [0, 0.05) is 13.5 Å². The molecule has 146 valence electrons. The number of nitrogens with two attached hydrogens (primary N) is 1. The quantitative estimate of drug-likeness (QED) is 0.697. The predicted molar refractivity (Wildman–Crippen MR) is 100 cm³/mol. The van der Waals surface area contributed by atoms with Gasteiger partial charge in [-0.3, -0.25) is 4.79 Å². The second-order valence-electron chi connectivity index (χ2n) is 6.20. The van der Waals surface area contributed by atoms with Crippen LogP contribution in [0.3, 0.4) is 0 Å². The van der Waals surface area contributed by atoms with Crippen molar-refractivity contribution in [3.05, 3.63) is 59.9 Å². The van der Waals surface area contributed by atoms with Crippen molar-refractivity contribution in [3.8, 4) is 5.75 Å². The first kappa shape index (κ1) is 20.9. The molecule has 0 radical (unpaired) electrons. The molecule has 0 saturated carbocycles. The molecular weight excluding hydrogens is 371 g/mol. The second kappa shape index (κ2) is 8.96. The summed E-state index contributed by atoms with van der Waals surface area (Å²) < 4.78 is 40.9. The molecule has 27 heavy (non-hydrogen) atoms. The van der Waals surface area contributed by atoms with E-state index in [-0.39, 0.29) is 22.7 Å². The Labute approximate surface area is 158 Å². The Bertz CT molecular complexity index is 868. The number of amides is 1. The number of rotatable bonds is 8. The molecule has 0 heterocycles. The summed E-state index contributed by atoms with van der Waals surface area (Å²) in [5.74, 6) is 0.173. The maximum atomic E-state index is 12.8. The highest BCUT2D eigenvalue weighted by molar-refractivity contribution is 7.89. The van der Waals surface area contributed by atoms with Crippen molar-refractivity contribution in [2.45, 2.75) is 30.7 Å². The Morgan fingerprint density at radius 1 is 1.15 bits per heavy atom. The van der Waals surface area contributed by atoms with Crippen LogP contribution in [0.25, 0.3) is 0 Å². The van der Waals surface area contributed by atoms with Gasteiger partial charge in [0.25, 0.3) is 0 Å². The van der Waals surface area contributed by atoms with Gasteiger partial charge in [0.2, 0.25) is 15.9 Å². The van der Waals surface area contributed by atoms with Gasteiger partial charge >= 0.3 is 0 Å². The fourth-order valence-electron chi connectivity index (χ4n) is 2.50. The van der Waals surface area contributed by atoms with E-state index in [9.17, 15) is 17.6 Å². The van der Waals surface area contributed by atoms with Gasteiger partial charge in [-0.15, -0.1) is 0 Å². The van der Waals surface area contributed by atoms with E-state index in [1.807, 2.05) is 6.92 Å². The Hall–Kier alpha value is -2.45. The zero-order valence-corrected chi connectivity index (χ0v) is 16.1. The number of hydrogen-bond donors (Lipinski definition) is 1. The lowest BCUT2D eigenvalue weighted by Gasteiger charge is -2.25. The number of carbonyl (C=O) groups excluding carboxylic acids is 1. The van der Waals surface area contributed by atoms with E-state index in [4.69, 9.17) is 9.88 Å². The number of nitrogens with zero attached hydrogens (tertiary/aromatic N) is 1. The zero-order valence-electron chi connectivity index (χ0n) is 15.3. The fourth-order valence-corrected chi connectivity index (χ4v) is 3.01. The summed E-state index contributed by atoms with van der Waals surface area (Å²) >= 11 is 0.